The molecule has 1 atom stereocenters. The highest BCUT2D eigenvalue weighted by Crippen LogP contribution is 2.29. The largest absolute Gasteiger partial charge is 0.442 e. The number of ether oxygens (including phenoxy) is 1. The van der Waals surface area contributed by atoms with Crippen LogP contribution in [0.3, 0.4) is 0 Å². The van der Waals surface area contributed by atoms with E-state index in [0.717, 1.165) is 17.7 Å². The summed E-state index contributed by atoms with van der Waals surface area (Å²) in [5.74, 6) is -0.612. The first-order valence-electron chi connectivity index (χ1n) is 11.8. The summed E-state index contributed by atoms with van der Waals surface area (Å²) in [7, 11) is 0. The third kappa shape index (κ3) is 5.24. The van der Waals surface area contributed by atoms with E-state index in [1.807, 2.05) is 24.3 Å². The minimum Gasteiger partial charge on any atom is -0.442 e. The van der Waals surface area contributed by atoms with E-state index in [1.54, 1.807) is 23.5 Å². The molecule has 8 heteroatoms. The fourth-order valence-electron chi connectivity index (χ4n) is 4.32. The molecule has 1 fully saturated rings. The normalized spacial score (nSPS) is 15.3. The number of rotatable bonds is 8. The number of thiophene rings is 1. The monoisotopic (exact) mass is 503 g/mol. The van der Waals surface area contributed by atoms with Gasteiger partial charge in [-0.25, -0.2) is 9.18 Å². The smallest absolute Gasteiger partial charge is 0.414 e. The fourth-order valence-corrected chi connectivity index (χ4v) is 5.28. The van der Waals surface area contributed by atoms with Crippen molar-refractivity contribution in [1.82, 2.24) is 10.6 Å². The number of hydrogen-bond donors (Lipinski definition) is 2. The Hall–Kier alpha value is -3.75. The fraction of sp³-hybridized carbons (Fsp3) is 0.214. The van der Waals surface area contributed by atoms with Crippen LogP contribution in [0.1, 0.15) is 18.1 Å². The van der Waals surface area contributed by atoms with Crippen molar-refractivity contribution < 1.29 is 18.7 Å². The van der Waals surface area contributed by atoms with Crippen LogP contribution < -0.4 is 15.5 Å². The summed E-state index contributed by atoms with van der Waals surface area (Å²) in [6, 6.07) is 20.9. The lowest BCUT2D eigenvalue weighted by Crippen LogP contribution is -2.33. The van der Waals surface area contributed by atoms with Gasteiger partial charge in [-0.3, -0.25) is 9.69 Å². The van der Waals surface area contributed by atoms with E-state index < -0.39 is 18.0 Å². The molecule has 0 aliphatic carbocycles. The summed E-state index contributed by atoms with van der Waals surface area (Å²) in [6.07, 6.45) is -1.02. The van der Waals surface area contributed by atoms with Crippen molar-refractivity contribution in [3.8, 4) is 11.1 Å². The lowest BCUT2D eigenvalue weighted by atomic mass is 10.0. The van der Waals surface area contributed by atoms with Gasteiger partial charge in [-0.1, -0.05) is 42.5 Å². The molecule has 3 aromatic carbocycles. The van der Waals surface area contributed by atoms with Crippen molar-refractivity contribution in [3.05, 3.63) is 89.1 Å². The number of halogens is 1. The maximum atomic E-state index is 15.0. The van der Waals surface area contributed by atoms with E-state index in [9.17, 15) is 9.59 Å². The third-order valence-corrected chi connectivity index (χ3v) is 7.20. The maximum absolute atomic E-state index is 15.0. The molecule has 6 nitrogen and oxygen atoms in total. The summed E-state index contributed by atoms with van der Waals surface area (Å²) < 4.78 is 21.6. The van der Waals surface area contributed by atoms with Gasteiger partial charge >= 0.3 is 6.09 Å². The van der Waals surface area contributed by atoms with Gasteiger partial charge in [-0.15, -0.1) is 11.3 Å². The number of benzene rings is 3. The third-order valence-electron chi connectivity index (χ3n) is 6.19. The van der Waals surface area contributed by atoms with Gasteiger partial charge in [0.15, 0.2) is 0 Å². The molecule has 1 saturated heterocycles. The Kier molecular flexibility index (Phi) is 6.97. The molecule has 0 spiro atoms. The first kappa shape index (κ1) is 24.0. The molecule has 0 bridgehead atoms. The lowest BCUT2D eigenvalue weighted by molar-refractivity contribution is -0.119. The Labute approximate surface area is 212 Å². The predicted molar refractivity (Wildman–Crippen MR) is 141 cm³/mol. The molecular weight excluding hydrogens is 477 g/mol. The van der Waals surface area contributed by atoms with E-state index in [4.69, 9.17) is 4.74 Å². The average molecular weight is 504 g/mol. The zero-order valence-electron chi connectivity index (χ0n) is 19.8. The highest BCUT2D eigenvalue weighted by atomic mass is 32.1. The molecule has 1 aliphatic rings. The molecule has 1 aliphatic heterocycles. The second kappa shape index (κ2) is 10.5. The van der Waals surface area contributed by atoms with Crippen molar-refractivity contribution in [2.24, 2.45) is 0 Å². The predicted octanol–water partition coefficient (Wildman–Crippen LogP) is 5.46. The van der Waals surface area contributed by atoms with Crippen molar-refractivity contribution in [2.45, 2.75) is 26.1 Å². The minimum atomic E-state index is -0.551. The zero-order valence-corrected chi connectivity index (χ0v) is 20.6. The molecule has 2 amide bonds. The van der Waals surface area contributed by atoms with Crippen LogP contribution in [0.5, 0.6) is 0 Å². The number of carbonyl (C=O) groups excluding carboxylic acids is 2. The Balaban J connectivity index is 1.20. The van der Waals surface area contributed by atoms with Crippen molar-refractivity contribution in [3.63, 3.8) is 0 Å². The van der Waals surface area contributed by atoms with Crippen LogP contribution in [0.2, 0.25) is 0 Å². The summed E-state index contributed by atoms with van der Waals surface area (Å²) >= 11 is 1.75. The zero-order chi connectivity index (χ0) is 25.1. The highest BCUT2D eigenvalue weighted by molar-refractivity contribution is 7.17. The Morgan fingerprint density at radius 3 is 2.69 bits per heavy atom. The topological polar surface area (TPSA) is 70.7 Å². The number of hydrogen-bond acceptors (Lipinski definition) is 5. The summed E-state index contributed by atoms with van der Waals surface area (Å²) in [4.78, 5) is 24.7. The van der Waals surface area contributed by atoms with E-state index in [1.165, 1.54) is 33.5 Å². The molecule has 184 valence electrons. The summed E-state index contributed by atoms with van der Waals surface area (Å²) in [5, 5.41) is 9.60. The summed E-state index contributed by atoms with van der Waals surface area (Å²) in [6.45, 7) is 3.37. The van der Waals surface area contributed by atoms with E-state index in [0.29, 0.717) is 17.8 Å². The van der Waals surface area contributed by atoms with Crippen LogP contribution in [-0.2, 0) is 22.6 Å². The van der Waals surface area contributed by atoms with Crippen molar-refractivity contribution in [2.75, 3.05) is 18.0 Å². The lowest BCUT2D eigenvalue weighted by Gasteiger charge is -2.15. The van der Waals surface area contributed by atoms with Crippen molar-refractivity contribution in [1.29, 1.82) is 0 Å². The number of carbonyl (C=O) groups is 2. The SMILES string of the molecule is CC(=O)NCC1CN(c2ccc(-c3ccc(CNCc4csc5ccccc45)cc3)c(F)c2)C(=O)O1. The van der Waals surface area contributed by atoms with Crippen LogP contribution in [0.25, 0.3) is 21.2 Å². The summed E-state index contributed by atoms with van der Waals surface area (Å²) in [5.41, 5.74) is 4.05. The number of nitrogens with one attached hydrogen (secondary N) is 2. The van der Waals surface area contributed by atoms with Gasteiger partial charge in [0, 0.05) is 30.3 Å². The van der Waals surface area contributed by atoms with Crippen LogP contribution >= 0.6 is 11.3 Å². The molecule has 5 rings (SSSR count). The maximum Gasteiger partial charge on any atom is 0.414 e. The number of fused-ring (bicyclic) bond motifs is 1. The molecule has 0 radical (unpaired) electrons. The van der Waals surface area contributed by atoms with E-state index in [-0.39, 0.29) is 19.0 Å². The number of cyclic esters (lactones) is 1. The molecule has 1 unspecified atom stereocenters. The van der Waals surface area contributed by atoms with Crippen LogP contribution in [0.15, 0.2) is 72.1 Å². The average Bonchev–Trinajstić information content (AvgIpc) is 3.46. The van der Waals surface area contributed by atoms with Gasteiger partial charge in [0.1, 0.15) is 11.9 Å². The molecule has 1 aromatic heterocycles. The first-order chi connectivity index (χ1) is 17.5. The highest BCUT2D eigenvalue weighted by Gasteiger charge is 2.32. The van der Waals surface area contributed by atoms with Crippen LogP contribution in [-0.4, -0.2) is 31.2 Å². The van der Waals surface area contributed by atoms with Gasteiger partial charge in [0.05, 0.1) is 18.8 Å². The molecule has 2 heterocycles. The molecular formula is C28H26FN3O3S. The number of anilines is 1. The quantitative estimate of drug-likeness (QED) is 0.335. The van der Waals surface area contributed by atoms with Gasteiger partial charge in [0.25, 0.3) is 0 Å². The first-order valence-corrected chi connectivity index (χ1v) is 12.6. The number of nitrogens with zero attached hydrogens (tertiary/aromatic N) is 1. The molecule has 0 saturated carbocycles. The van der Waals surface area contributed by atoms with Crippen molar-refractivity contribution >= 4 is 39.1 Å². The Bertz CT molecular complexity index is 1400. The van der Waals surface area contributed by atoms with Gasteiger partial charge in [0.2, 0.25) is 5.91 Å². The second-order valence-electron chi connectivity index (χ2n) is 8.78. The van der Waals surface area contributed by atoms with Crippen LogP contribution in [0.4, 0.5) is 14.9 Å². The van der Waals surface area contributed by atoms with Gasteiger partial charge in [-0.05, 0) is 51.7 Å². The Morgan fingerprint density at radius 2 is 1.92 bits per heavy atom. The van der Waals surface area contributed by atoms with Crippen LogP contribution in [0, 0.1) is 5.82 Å². The second-order valence-corrected chi connectivity index (χ2v) is 9.69. The molecule has 36 heavy (non-hydrogen) atoms. The number of amides is 2. The molecule has 4 aromatic rings. The van der Waals surface area contributed by atoms with Gasteiger partial charge < -0.3 is 15.4 Å². The van der Waals surface area contributed by atoms with Gasteiger partial charge in [-0.2, -0.15) is 0 Å². The standard InChI is InChI=1S/C28H26FN3O3S/c1-18(33)31-15-23-16-32(28(34)35-23)22-10-11-24(26(29)12-22)20-8-6-19(7-9-20)13-30-14-21-17-36-27-5-3-2-4-25(21)27/h2-12,17,23,30H,13-16H2,1H3,(H,31,33). The molecule has 2 N–H and O–H groups in total. The van der Waals surface area contributed by atoms with E-state index >= 15 is 4.39 Å². The Morgan fingerprint density at radius 1 is 1.11 bits per heavy atom. The van der Waals surface area contributed by atoms with E-state index in [2.05, 4.69) is 40.3 Å². The minimum absolute atomic E-state index is 0.197.